The molecule has 1 atom stereocenters. The Morgan fingerprint density at radius 1 is 1.44 bits per heavy atom. The van der Waals surface area contributed by atoms with Crippen molar-refractivity contribution in [3.05, 3.63) is 29.3 Å². The second-order valence-electron chi connectivity index (χ2n) is 4.54. The molecule has 0 saturated heterocycles. The molecule has 0 heterocycles. The number of carbonyl (C=O) groups excluding carboxylic acids is 1. The second kappa shape index (κ2) is 6.64. The number of unbranched alkanes of at least 4 members (excludes halogenated alkanes) is 1. The van der Waals surface area contributed by atoms with Gasteiger partial charge in [0.2, 0.25) is 5.91 Å². The van der Waals surface area contributed by atoms with E-state index < -0.39 is 5.54 Å². The topological polar surface area (TPSA) is 55.1 Å². The van der Waals surface area contributed by atoms with Crippen molar-refractivity contribution in [3.8, 4) is 0 Å². The molecular formula is C14H21ClN2O. The van der Waals surface area contributed by atoms with Crippen LogP contribution in [0.3, 0.4) is 0 Å². The summed E-state index contributed by atoms with van der Waals surface area (Å²) < 4.78 is 0. The summed E-state index contributed by atoms with van der Waals surface area (Å²) in [7, 11) is 0. The second-order valence-corrected chi connectivity index (χ2v) is 4.98. The Bertz CT molecular complexity index is 409. The van der Waals surface area contributed by atoms with Gasteiger partial charge in [-0.15, -0.1) is 0 Å². The summed E-state index contributed by atoms with van der Waals surface area (Å²) >= 11 is 5.94. The molecule has 0 aliphatic carbocycles. The minimum atomic E-state index is -0.680. The van der Waals surface area contributed by atoms with Crippen molar-refractivity contribution >= 4 is 23.2 Å². The SMILES string of the molecule is CCCCC(CC)(Nc1cccc(Cl)c1)C(N)=O. The average molecular weight is 269 g/mol. The molecule has 4 heteroatoms. The molecule has 1 rings (SSSR count). The van der Waals surface area contributed by atoms with Gasteiger partial charge in [0.15, 0.2) is 0 Å². The average Bonchev–Trinajstić information content (AvgIpc) is 2.34. The molecular weight excluding hydrogens is 248 g/mol. The van der Waals surface area contributed by atoms with Gasteiger partial charge in [0.05, 0.1) is 0 Å². The van der Waals surface area contributed by atoms with E-state index in [1.165, 1.54) is 0 Å². The molecule has 0 bridgehead atoms. The standard InChI is InChI=1S/C14H21ClN2O/c1-3-5-9-14(4-2,13(16)18)17-12-8-6-7-11(15)10-12/h6-8,10,17H,3-5,9H2,1-2H3,(H2,16,18). The van der Waals surface area contributed by atoms with E-state index in [0.717, 1.165) is 24.9 Å². The van der Waals surface area contributed by atoms with Crippen LogP contribution in [0.25, 0.3) is 0 Å². The Balaban J connectivity index is 2.93. The fourth-order valence-corrected chi connectivity index (χ4v) is 2.20. The summed E-state index contributed by atoms with van der Waals surface area (Å²) in [6.07, 6.45) is 3.40. The van der Waals surface area contributed by atoms with Crippen molar-refractivity contribution in [1.29, 1.82) is 0 Å². The minimum Gasteiger partial charge on any atom is -0.371 e. The van der Waals surface area contributed by atoms with E-state index >= 15 is 0 Å². The summed E-state index contributed by atoms with van der Waals surface area (Å²) in [4.78, 5) is 11.8. The van der Waals surface area contributed by atoms with E-state index in [1.807, 2.05) is 19.1 Å². The number of anilines is 1. The first-order valence-electron chi connectivity index (χ1n) is 6.37. The molecule has 1 aromatic carbocycles. The van der Waals surface area contributed by atoms with Gasteiger partial charge < -0.3 is 11.1 Å². The van der Waals surface area contributed by atoms with Crippen molar-refractivity contribution in [3.63, 3.8) is 0 Å². The lowest BCUT2D eigenvalue weighted by atomic mass is 9.88. The van der Waals surface area contributed by atoms with Crippen molar-refractivity contribution in [2.45, 2.75) is 45.1 Å². The van der Waals surface area contributed by atoms with Gasteiger partial charge in [-0.25, -0.2) is 0 Å². The number of hydrogen-bond donors (Lipinski definition) is 2. The number of rotatable bonds is 7. The monoisotopic (exact) mass is 268 g/mol. The van der Waals surface area contributed by atoms with Gasteiger partial charge in [-0.05, 0) is 31.0 Å². The van der Waals surface area contributed by atoms with Gasteiger partial charge in [0.1, 0.15) is 5.54 Å². The predicted molar refractivity (Wildman–Crippen MR) is 76.8 cm³/mol. The highest BCUT2D eigenvalue weighted by Crippen LogP contribution is 2.26. The molecule has 0 radical (unpaired) electrons. The Hall–Kier alpha value is -1.22. The Labute approximate surface area is 114 Å². The van der Waals surface area contributed by atoms with Crippen LogP contribution in [0.4, 0.5) is 5.69 Å². The molecule has 3 nitrogen and oxygen atoms in total. The number of nitrogens with one attached hydrogen (secondary N) is 1. The molecule has 0 aromatic heterocycles. The number of halogens is 1. The van der Waals surface area contributed by atoms with E-state index in [0.29, 0.717) is 11.4 Å². The van der Waals surface area contributed by atoms with Crippen molar-refractivity contribution in [2.75, 3.05) is 5.32 Å². The van der Waals surface area contributed by atoms with Crippen LogP contribution in [-0.4, -0.2) is 11.4 Å². The summed E-state index contributed by atoms with van der Waals surface area (Å²) in [6, 6.07) is 7.36. The predicted octanol–water partition coefficient (Wildman–Crippen LogP) is 3.58. The lowest BCUT2D eigenvalue weighted by Gasteiger charge is -2.31. The third-order valence-corrected chi connectivity index (χ3v) is 3.48. The van der Waals surface area contributed by atoms with E-state index in [9.17, 15) is 4.79 Å². The summed E-state index contributed by atoms with van der Waals surface area (Å²) in [6.45, 7) is 4.07. The van der Waals surface area contributed by atoms with E-state index in [2.05, 4.69) is 12.2 Å². The maximum Gasteiger partial charge on any atom is 0.243 e. The van der Waals surface area contributed by atoms with Crippen LogP contribution in [0, 0.1) is 0 Å². The lowest BCUT2D eigenvalue weighted by Crippen LogP contribution is -2.50. The number of amides is 1. The maximum absolute atomic E-state index is 11.8. The van der Waals surface area contributed by atoms with Gasteiger partial charge in [0, 0.05) is 10.7 Å². The zero-order chi connectivity index (χ0) is 13.6. The van der Waals surface area contributed by atoms with Crippen LogP contribution >= 0.6 is 11.6 Å². The molecule has 1 aromatic rings. The third kappa shape index (κ3) is 3.64. The first-order chi connectivity index (χ1) is 8.54. The zero-order valence-corrected chi connectivity index (χ0v) is 11.8. The molecule has 0 spiro atoms. The van der Waals surface area contributed by atoms with Gasteiger partial charge in [0.25, 0.3) is 0 Å². The smallest absolute Gasteiger partial charge is 0.243 e. The largest absolute Gasteiger partial charge is 0.371 e. The molecule has 0 aliphatic heterocycles. The first-order valence-corrected chi connectivity index (χ1v) is 6.75. The first kappa shape index (κ1) is 14.8. The number of carbonyl (C=O) groups is 1. The number of primary amides is 1. The Morgan fingerprint density at radius 3 is 2.67 bits per heavy atom. The lowest BCUT2D eigenvalue weighted by molar-refractivity contribution is -0.122. The third-order valence-electron chi connectivity index (χ3n) is 3.24. The van der Waals surface area contributed by atoms with E-state index in [1.54, 1.807) is 12.1 Å². The van der Waals surface area contributed by atoms with Crippen molar-refractivity contribution < 1.29 is 4.79 Å². The molecule has 18 heavy (non-hydrogen) atoms. The Kier molecular flexibility index (Phi) is 5.48. The van der Waals surface area contributed by atoms with Crippen LogP contribution in [0.15, 0.2) is 24.3 Å². The highest BCUT2D eigenvalue weighted by molar-refractivity contribution is 6.30. The maximum atomic E-state index is 11.8. The molecule has 1 amide bonds. The van der Waals surface area contributed by atoms with Gasteiger partial charge >= 0.3 is 0 Å². The molecule has 0 aliphatic rings. The summed E-state index contributed by atoms with van der Waals surface area (Å²) in [5.41, 5.74) is 5.73. The summed E-state index contributed by atoms with van der Waals surface area (Å²) in [5, 5.41) is 3.90. The van der Waals surface area contributed by atoms with Gasteiger partial charge in [-0.3, -0.25) is 4.79 Å². The zero-order valence-electron chi connectivity index (χ0n) is 11.0. The fourth-order valence-electron chi connectivity index (χ4n) is 2.01. The van der Waals surface area contributed by atoms with Crippen molar-refractivity contribution in [2.24, 2.45) is 5.73 Å². The minimum absolute atomic E-state index is 0.307. The summed E-state index contributed by atoms with van der Waals surface area (Å²) in [5.74, 6) is -0.307. The van der Waals surface area contributed by atoms with Crippen LogP contribution in [0.5, 0.6) is 0 Å². The molecule has 3 N–H and O–H groups in total. The number of benzene rings is 1. The molecule has 0 saturated carbocycles. The van der Waals surface area contributed by atoms with Crippen LogP contribution < -0.4 is 11.1 Å². The normalized spacial score (nSPS) is 13.9. The van der Waals surface area contributed by atoms with E-state index in [4.69, 9.17) is 17.3 Å². The highest BCUT2D eigenvalue weighted by atomic mass is 35.5. The fraction of sp³-hybridized carbons (Fsp3) is 0.500. The van der Waals surface area contributed by atoms with Gasteiger partial charge in [-0.2, -0.15) is 0 Å². The van der Waals surface area contributed by atoms with Gasteiger partial charge in [-0.1, -0.05) is 44.4 Å². The van der Waals surface area contributed by atoms with E-state index in [-0.39, 0.29) is 5.91 Å². The number of hydrogen-bond acceptors (Lipinski definition) is 2. The van der Waals surface area contributed by atoms with Crippen molar-refractivity contribution in [1.82, 2.24) is 0 Å². The highest BCUT2D eigenvalue weighted by Gasteiger charge is 2.33. The number of nitrogens with two attached hydrogens (primary N) is 1. The Morgan fingerprint density at radius 2 is 2.17 bits per heavy atom. The molecule has 100 valence electrons. The van der Waals surface area contributed by atoms with Crippen LogP contribution in [-0.2, 0) is 4.79 Å². The van der Waals surface area contributed by atoms with Crippen LogP contribution in [0.2, 0.25) is 5.02 Å². The molecule has 0 fully saturated rings. The quantitative estimate of drug-likeness (QED) is 0.794. The molecule has 1 unspecified atom stereocenters. The van der Waals surface area contributed by atoms with Crippen LogP contribution in [0.1, 0.15) is 39.5 Å².